The minimum Gasteiger partial charge on any atom is -0.493 e. The lowest BCUT2D eigenvalue weighted by Crippen LogP contribution is -2.57. The van der Waals surface area contributed by atoms with Crippen molar-refractivity contribution in [2.75, 3.05) is 20.8 Å². The number of hydroxylamine groups is 1. The number of rotatable bonds is 4. The van der Waals surface area contributed by atoms with Crippen LogP contribution in [0.3, 0.4) is 0 Å². The number of halogens is 3. The third-order valence-electron chi connectivity index (χ3n) is 3.72. The molecule has 1 atom stereocenters. The number of nitrogens with one attached hydrogen (secondary N) is 1. The quantitative estimate of drug-likeness (QED) is 0.484. The van der Waals surface area contributed by atoms with E-state index in [9.17, 15) is 18.0 Å². The van der Waals surface area contributed by atoms with Crippen molar-refractivity contribution in [2.24, 2.45) is 0 Å². The summed E-state index contributed by atoms with van der Waals surface area (Å²) in [5.74, 6) is -1.22. The van der Waals surface area contributed by atoms with Crippen LogP contribution in [0.4, 0.5) is 13.2 Å². The van der Waals surface area contributed by atoms with Gasteiger partial charge in [0.15, 0.2) is 11.5 Å². The van der Waals surface area contributed by atoms with Gasteiger partial charge in [-0.05, 0) is 18.6 Å². The van der Waals surface area contributed by atoms with Crippen molar-refractivity contribution in [3.05, 3.63) is 23.3 Å². The van der Waals surface area contributed by atoms with E-state index in [1.165, 1.54) is 23.6 Å². The van der Waals surface area contributed by atoms with Crippen LogP contribution in [0.25, 0.3) is 0 Å². The van der Waals surface area contributed by atoms with E-state index >= 15 is 0 Å². The molecule has 1 fully saturated rings. The molecule has 1 unspecified atom stereocenters. The average molecular weight is 364 g/mol. The number of hydrogen-bond acceptors (Lipinski definition) is 5. The number of nitrogens with zero attached hydrogens (tertiary/aromatic N) is 1. The molecule has 1 aliphatic heterocycles. The van der Waals surface area contributed by atoms with Gasteiger partial charge in [-0.15, -0.1) is 0 Å². The molecule has 24 heavy (non-hydrogen) atoms. The van der Waals surface area contributed by atoms with E-state index in [2.05, 4.69) is 0 Å². The van der Waals surface area contributed by atoms with Gasteiger partial charge >= 0.3 is 6.18 Å². The van der Waals surface area contributed by atoms with Crippen molar-refractivity contribution in [3.63, 3.8) is 0 Å². The maximum atomic E-state index is 13.3. The van der Waals surface area contributed by atoms with Crippen molar-refractivity contribution in [1.82, 2.24) is 10.4 Å². The number of carbonyl (C=O) groups is 1. The predicted octanol–water partition coefficient (Wildman–Crippen LogP) is 1.98. The van der Waals surface area contributed by atoms with Crippen LogP contribution < -0.4 is 15.0 Å². The van der Waals surface area contributed by atoms with Crippen molar-refractivity contribution in [1.29, 1.82) is 0 Å². The summed E-state index contributed by atoms with van der Waals surface area (Å²) in [6, 6.07) is 1.46. The lowest BCUT2D eigenvalue weighted by Gasteiger charge is -2.41. The van der Waals surface area contributed by atoms with Gasteiger partial charge in [0.1, 0.15) is 16.6 Å². The summed E-state index contributed by atoms with van der Waals surface area (Å²) < 4.78 is 49.6. The van der Waals surface area contributed by atoms with Gasteiger partial charge in [-0.3, -0.25) is 10.0 Å². The molecule has 1 amide bonds. The van der Waals surface area contributed by atoms with E-state index in [1.807, 2.05) is 0 Å². The lowest BCUT2D eigenvalue weighted by atomic mass is 9.99. The zero-order valence-corrected chi connectivity index (χ0v) is 13.6. The number of likely N-dealkylation sites (tertiary alicyclic amines) is 1. The number of hydrogen-bond donors (Lipinski definition) is 2. The Morgan fingerprint density at radius 2 is 2.04 bits per heavy atom. The van der Waals surface area contributed by atoms with Gasteiger partial charge in [0.25, 0.3) is 5.91 Å². The molecular formula is C14H15F3N2O4S. The Kier molecular flexibility index (Phi) is 5.19. The number of alkyl halides is 3. The van der Waals surface area contributed by atoms with Gasteiger partial charge in [-0.2, -0.15) is 13.2 Å². The van der Waals surface area contributed by atoms with Crippen molar-refractivity contribution >= 4 is 23.1 Å². The largest absolute Gasteiger partial charge is 0.493 e. The minimum atomic E-state index is -4.67. The molecular weight excluding hydrogens is 349 g/mol. The molecule has 1 heterocycles. The Bertz CT molecular complexity index is 666. The van der Waals surface area contributed by atoms with Crippen LogP contribution in [-0.2, 0) is 11.0 Å². The van der Waals surface area contributed by atoms with Gasteiger partial charge < -0.3 is 14.4 Å². The highest BCUT2D eigenvalue weighted by atomic mass is 32.1. The SMILES string of the molecule is COc1cc(C(=S)N2CCC2C(=O)NO)cc(C(F)(F)F)c1OC. The number of amides is 1. The second kappa shape index (κ2) is 6.81. The number of thiocarbonyl (C=S) groups is 1. The Hall–Kier alpha value is -2.07. The number of methoxy groups -OCH3 is 2. The summed E-state index contributed by atoms with van der Waals surface area (Å²) in [5.41, 5.74) is 0.566. The summed E-state index contributed by atoms with van der Waals surface area (Å²) in [4.78, 5) is 13.0. The fourth-order valence-corrected chi connectivity index (χ4v) is 2.78. The molecule has 0 bridgehead atoms. The van der Waals surface area contributed by atoms with E-state index in [0.717, 1.165) is 13.2 Å². The molecule has 0 aromatic heterocycles. The molecule has 2 N–H and O–H groups in total. The van der Waals surface area contributed by atoms with Crippen LogP contribution in [0.15, 0.2) is 12.1 Å². The van der Waals surface area contributed by atoms with Crippen LogP contribution in [0.5, 0.6) is 11.5 Å². The summed E-state index contributed by atoms with van der Waals surface area (Å²) in [6.07, 6.45) is -4.23. The average Bonchev–Trinajstić information content (AvgIpc) is 2.51. The first-order chi connectivity index (χ1) is 11.2. The molecule has 0 radical (unpaired) electrons. The zero-order chi connectivity index (χ0) is 18.1. The molecule has 0 saturated carbocycles. The van der Waals surface area contributed by atoms with Crippen LogP contribution in [0.2, 0.25) is 0 Å². The number of benzene rings is 1. The maximum Gasteiger partial charge on any atom is 0.420 e. The predicted molar refractivity (Wildman–Crippen MR) is 81.3 cm³/mol. The summed E-state index contributed by atoms with van der Waals surface area (Å²) in [7, 11) is 2.33. The maximum absolute atomic E-state index is 13.3. The Balaban J connectivity index is 2.44. The van der Waals surface area contributed by atoms with Gasteiger partial charge in [-0.1, -0.05) is 12.2 Å². The Morgan fingerprint density at radius 3 is 2.46 bits per heavy atom. The first-order valence-corrected chi connectivity index (χ1v) is 7.23. The van der Waals surface area contributed by atoms with E-state index in [-0.39, 0.29) is 16.3 Å². The van der Waals surface area contributed by atoms with Crippen LogP contribution in [0.1, 0.15) is 17.5 Å². The van der Waals surface area contributed by atoms with Crippen molar-refractivity contribution < 1.29 is 32.6 Å². The van der Waals surface area contributed by atoms with Crippen molar-refractivity contribution in [3.8, 4) is 11.5 Å². The molecule has 0 aliphatic carbocycles. The monoisotopic (exact) mass is 364 g/mol. The normalized spacial score (nSPS) is 17.1. The van der Waals surface area contributed by atoms with E-state index in [0.29, 0.717) is 13.0 Å². The smallest absolute Gasteiger partial charge is 0.420 e. The fourth-order valence-electron chi connectivity index (χ4n) is 2.44. The van der Waals surface area contributed by atoms with Gasteiger partial charge in [0.2, 0.25) is 0 Å². The van der Waals surface area contributed by atoms with Gasteiger partial charge in [0, 0.05) is 12.1 Å². The second-order valence-corrected chi connectivity index (χ2v) is 5.42. The zero-order valence-electron chi connectivity index (χ0n) is 12.8. The topological polar surface area (TPSA) is 71.0 Å². The first kappa shape index (κ1) is 18.3. The van der Waals surface area contributed by atoms with E-state index in [1.54, 1.807) is 0 Å². The number of carbonyl (C=O) groups excluding carboxylic acids is 1. The third kappa shape index (κ3) is 3.24. The van der Waals surface area contributed by atoms with Gasteiger partial charge in [0.05, 0.1) is 14.2 Å². The summed E-state index contributed by atoms with van der Waals surface area (Å²) in [6.45, 7) is 0.395. The molecule has 2 rings (SSSR count). The van der Waals surface area contributed by atoms with Crippen LogP contribution in [0, 0.1) is 0 Å². The Labute approximate surface area is 141 Å². The van der Waals surface area contributed by atoms with Gasteiger partial charge in [-0.25, -0.2) is 5.48 Å². The first-order valence-electron chi connectivity index (χ1n) is 6.82. The Morgan fingerprint density at radius 1 is 1.38 bits per heavy atom. The molecule has 10 heteroatoms. The number of ether oxygens (including phenoxy) is 2. The highest BCUT2D eigenvalue weighted by Gasteiger charge is 2.39. The fraction of sp³-hybridized carbons (Fsp3) is 0.429. The highest BCUT2D eigenvalue weighted by molar-refractivity contribution is 7.80. The summed E-state index contributed by atoms with van der Waals surface area (Å²) in [5, 5.41) is 8.69. The minimum absolute atomic E-state index is 0.0568. The molecule has 1 aromatic rings. The highest BCUT2D eigenvalue weighted by Crippen LogP contribution is 2.43. The molecule has 1 aromatic carbocycles. The van der Waals surface area contributed by atoms with Crippen LogP contribution in [-0.4, -0.2) is 47.8 Å². The summed E-state index contributed by atoms with van der Waals surface area (Å²) >= 11 is 5.21. The molecule has 1 saturated heterocycles. The molecule has 1 aliphatic rings. The molecule has 132 valence electrons. The molecule has 6 nitrogen and oxygen atoms in total. The van der Waals surface area contributed by atoms with E-state index < -0.39 is 29.4 Å². The molecule has 0 spiro atoms. The van der Waals surface area contributed by atoms with Crippen LogP contribution >= 0.6 is 12.2 Å². The van der Waals surface area contributed by atoms with E-state index in [4.69, 9.17) is 26.9 Å². The van der Waals surface area contributed by atoms with Crippen molar-refractivity contribution in [2.45, 2.75) is 18.6 Å². The lowest BCUT2D eigenvalue weighted by molar-refractivity contribution is -0.139. The third-order valence-corrected chi connectivity index (χ3v) is 4.19. The second-order valence-electron chi connectivity index (χ2n) is 5.04. The standard InChI is InChI=1S/C14H15F3N2O4S/c1-22-10-6-7(5-8(11(10)23-2)14(15,16)17)13(24)19-4-3-9(19)12(20)18-21/h5-6,9,21H,3-4H2,1-2H3,(H,18,20).